The fourth-order valence-electron chi connectivity index (χ4n) is 1.87. The van der Waals surface area contributed by atoms with Gasteiger partial charge in [-0.3, -0.25) is 4.98 Å². The van der Waals surface area contributed by atoms with Crippen LogP contribution in [0.25, 0.3) is 0 Å². The highest BCUT2D eigenvalue weighted by molar-refractivity contribution is 7.91. The Balaban J connectivity index is 2.04. The van der Waals surface area contributed by atoms with Crippen LogP contribution in [0.2, 0.25) is 0 Å². The maximum absolute atomic E-state index is 12.5. The van der Waals surface area contributed by atoms with Crippen molar-refractivity contribution in [1.82, 2.24) is 9.29 Å². The molecule has 0 unspecified atom stereocenters. The molecule has 0 aliphatic heterocycles. The van der Waals surface area contributed by atoms with Crippen molar-refractivity contribution >= 4 is 21.4 Å². The first-order valence-corrected chi connectivity index (χ1v) is 8.94. The van der Waals surface area contributed by atoms with Crippen LogP contribution in [-0.4, -0.2) is 37.8 Å². The van der Waals surface area contributed by atoms with Crippen LogP contribution < -0.4 is 5.73 Å². The number of rotatable bonds is 7. The van der Waals surface area contributed by atoms with Crippen LogP contribution in [-0.2, 0) is 22.9 Å². The average Bonchev–Trinajstić information content (AvgIpc) is 2.95. The van der Waals surface area contributed by atoms with E-state index in [-0.39, 0.29) is 0 Å². The van der Waals surface area contributed by atoms with Crippen molar-refractivity contribution in [3.63, 3.8) is 0 Å². The summed E-state index contributed by atoms with van der Waals surface area (Å²) in [5.74, 6) is 0. The van der Waals surface area contributed by atoms with E-state index in [0.29, 0.717) is 30.1 Å². The van der Waals surface area contributed by atoms with E-state index in [9.17, 15) is 8.42 Å². The maximum atomic E-state index is 12.5. The van der Waals surface area contributed by atoms with E-state index in [0.717, 1.165) is 10.6 Å². The molecule has 2 aromatic heterocycles. The number of aromatic nitrogens is 1. The molecule has 0 atom stereocenters. The zero-order valence-electron chi connectivity index (χ0n) is 11.9. The van der Waals surface area contributed by atoms with Gasteiger partial charge in [-0.1, -0.05) is 6.07 Å². The van der Waals surface area contributed by atoms with Crippen molar-refractivity contribution in [2.24, 2.45) is 5.73 Å². The molecule has 2 N–H and O–H groups in total. The molecular weight excluding hydrogens is 306 g/mol. The topological polar surface area (TPSA) is 76.3 Å². The Morgan fingerprint density at radius 2 is 2.05 bits per heavy atom. The van der Waals surface area contributed by atoms with E-state index in [4.69, 9.17) is 5.73 Å². The lowest BCUT2D eigenvalue weighted by Gasteiger charge is -2.15. The molecule has 0 fully saturated rings. The van der Waals surface area contributed by atoms with Gasteiger partial charge in [0, 0.05) is 36.8 Å². The van der Waals surface area contributed by atoms with Gasteiger partial charge in [0.1, 0.15) is 4.21 Å². The summed E-state index contributed by atoms with van der Waals surface area (Å²) in [5.41, 5.74) is 6.37. The minimum atomic E-state index is -3.42. The number of pyridine rings is 1. The Bertz CT molecular complexity index is 669. The smallest absolute Gasteiger partial charge is 0.252 e. The average molecular weight is 325 g/mol. The Morgan fingerprint density at radius 1 is 1.24 bits per heavy atom. The van der Waals surface area contributed by atoms with Crippen LogP contribution in [0, 0.1) is 0 Å². The summed E-state index contributed by atoms with van der Waals surface area (Å²) in [5, 5.41) is 0. The van der Waals surface area contributed by atoms with Gasteiger partial charge in [-0.05, 0) is 37.2 Å². The number of likely N-dealkylation sites (N-methyl/N-ethyl adjacent to an activating group) is 1. The summed E-state index contributed by atoms with van der Waals surface area (Å²) in [7, 11) is -1.83. The summed E-state index contributed by atoms with van der Waals surface area (Å²) in [6.07, 6.45) is 3.01. The van der Waals surface area contributed by atoms with E-state index in [2.05, 4.69) is 4.98 Å². The number of sulfonamides is 1. The van der Waals surface area contributed by atoms with Gasteiger partial charge in [0.05, 0.1) is 0 Å². The van der Waals surface area contributed by atoms with E-state index in [1.165, 1.54) is 15.6 Å². The molecule has 0 saturated heterocycles. The fraction of sp³-hybridized carbons (Fsp3) is 0.357. The third-order valence-electron chi connectivity index (χ3n) is 3.10. The van der Waals surface area contributed by atoms with E-state index >= 15 is 0 Å². The number of nitrogens with zero attached hydrogens (tertiary/aromatic N) is 2. The molecule has 2 aromatic rings. The third kappa shape index (κ3) is 4.10. The van der Waals surface area contributed by atoms with E-state index in [1.807, 2.05) is 24.3 Å². The molecule has 21 heavy (non-hydrogen) atoms. The van der Waals surface area contributed by atoms with Crippen molar-refractivity contribution in [2.45, 2.75) is 17.1 Å². The van der Waals surface area contributed by atoms with Crippen LogP contribution in [0.5, 0.6) is 0 Å². The van der Waals surface area contributed by atoms with Gasteiger partial charge in [-0.15, -0.1) is 11.3 Å². The lowest BCUT2D eigenvalue weighted by molar-refractivity contribution is 0.472. The monoisotopic (exact) mass is 325 g/mol. The molecule has 0 saturated carbocycles. The normalized spacial score (nSPS) is 12.0. The highest BCUT2D eigenvalue weighted by Gasteiger charge is 2.22. The molecule has 2 heterocycles. The van der Waals surface area contributed by atoms with Crippen LogP contribution in [0.1, 0.15) is 10.6 Å². The zero-order valence-corrected chi connectivity index (χ0v) is 13.5. The molecule has 0 bridgehead atoms. The van der Waals surface area contributed by atoms with Crippen molar-refractivity contribution in [3.8, 4) is 0 Å². The Morgan fingerprint density at radius 3 is 2.71 bits per heavy atom. The fourth-order valence-corrected chi connectivity index (χ4v) is 4.62. The molecule has 2 rings (SSSR count). The summed E-state index contributed by atoms with van der Waals surface area (Å²) in [4.78, 5) is 5.20. The minimum absolute atomic E-state index is 0.370. The third-order valence-corrected chi connectivity index (χ3v) is 6.57. The maximum Gasteiger partial charge on any atom is 0.252 e. The quantitative estimate of drug-likeness (QED) is 0.837. The number of nitrogens with two attached hydrogens (primary N) is 1. The molecule has 0 aliphatic carbocycles. The lowest BCUT2D eigenvalue weighted by Crippen LogP contribution is -2.28. The molecule has 0 aliphatic rings. The molecule has 7 heteroatoms. The SMILES string of the molecule is CN(CCc1ccccn1)S(=O)(=O)c1ccc(CCN)s1. The number of hydrogen-bond acceptors (Lipinski definition) is 5. The Labute approximate surface area is 129 Å². The predicted molar refractivity (Wildman–Crippen MR) is 84.8 cm³/mol. The van der Waals surface area contributed by atoms with Gasteiger partial charge < -0.3 is 5.73 Å². The van der Waals surface area contributed by atoms with Crippen LogP contribution in [0.4, 0.5) is 0 Å². The Kier molecular flexibility index (Phi) is 5.46. The standard InChI is InChI=1S/C14H19N3O2S2/c1-17(11-8-12-4-2-3-10-16-12)21(18,19)14-6-5-13(20-14)7-9-15/h2-6,10H,7-9,11,15H2,1H3. The second-order valence-corrected chi connectivity index (χ2v) is 8.10. The van der Waals surface area contributed by atoms with Gasteiger partial charge in [-0.25, -0.2) is 8.42 Å². The summed E-state index contributed by atoms with van der Waals surface area (Å²) < 4.78 is 26.7. The molecule has 0 amide bonds. The van der Waals surface area contributed by atoms with Crippen LogP contribution >= 0.6 is 11.3 Å². The first kappa shape index (κ1) is 16.1. The molecule has 0 aromatic carbocycles. The lowest BCUT2D eigenvalue weighted by atomic mass is 10.3. The minimum Gasteiger partial charge on any atom is -0.330 e. The van der Waals surface area contributed by atoms with E-state index in [1.54, 1.807) is 19.3 Å². The molecule has 0 radical (unpaired) electrons. The van der Waals surface area contributed by atoms with Gasteiger partial charge in [0.2, 0.25) is 0 Å². The molecule has 0 spiro atoms. The van der Waals surface area contributed by atoms with Crippen LogP contribution in [0.15, 0.2) is 40.7 Å². The molecular formula is C14H19N3O2S2. The number of thiophene rings is 1. The zero-order chi connectivity index (χ0) is 15.3. The first-order valence-electron chi connectivity index (χ1n) is 6.69. The highest BCUT2D eigenvalue weighted by Crippen LogP contribution is 2.24. The summed E-state index contributed by atoms with van der Waals surface area (Å²) >= 11 is 1.29. The van der Waals surface area contributed by atoms with Gasteiger partial charge >= 0.3 is 0 Å². The van der Waals surface area contributed by atoms with Crippen molar-refractivity contribution in [3.05, 3.63) is 47.1 Å². The first-order chi connectivity index (χ1) is 10.0. The molecule has 114 valence electrons. The van der Waals surface area contributed by atoms with Gasteiger partial charge in [0.25, 0.3) is 10.0 Å². The second-order valence-electron chi connectivity index (χ2n) is 4.66. The number of hydrogen-bond donors (Lipinski definition) is 1. The largest absolute Gasteiger partial charge is 0.330 e. The van der Waals surface area contributed by atoms with Crippen LogP contribution in [0.3, 0.4) is 0 Å². The highest BCUT2D eigenvalue weighted by atomic mass is 32.2. The molecule has 5 nitrogen and oxygen atoms in total. The summed E-state index contributed by atoms with van der Waals surface area (Å²) in [6.45, 7) is 0.930. The predicted octanol–water partition coefficient (Wildman–Crippen LogP) is 1.51. The van der Waals surface area contributed by atoms with Crippen molar-refractivity contribution in [2.75, 3.05) is 20.1 Å². The second kappa shape index (κ2) is 7.13. The summed E-state index contributed by atoms with van der Waals surface area (Å²) in [6, 6.07) is 9.12. The van der Waals surface area contributed by atoms with E-state index < -0.39 is 10.0 Å². The van der Waals surface area contributed by atoms with Crippen molar-refractivity contribution < 1.29 is 8.42 Å². The van der Waals surface area contributed by atoms with Crippen molar-refractivity contribution in [1.29, 1.82) is 0 Å². The van der Waals surface area contributed by atoms with Gasteiger partial charge in [0.15, 0.2) is 0 Å². The Hall–Kier alpha value is -1.28. The van der Waals surface area contributed by atoms with Gasteiger partial charge in [-0.2, -0.15) is 4.31 Å².